The number of hydrogen-bond donors (Lipinski definition) is 0. The number of Topliss-reactive ketones (excluding diaryl/α,β-unsaturated/α-hetero) is 1. The van der Waals surface area contributed by atoms with E-state index in [4.69, 9.17) is 0 Å². The van der Waals surface area contributed by atoms with Crippen molar-refractivity contribution < 1.29 is 4.79 Å². The minimum Gasteiger partial charge on any atom is -0.378 e. The van der Waals surface area contributed by atoms with Crippen LogP contribution in [-0.2, 0) is 4.79 Å². The van der Waals surface area contributed by atoms with Gasteiger partial charge in [0.05, 0.1) is 0 Å². The highest BCUT2D eigenvalue weighted by Gasteiger charge is 2.22. The Kier molecular flexibility index (Phi) is 6.35. The Hall–Kier alpha value is -2.81. The van der Waals surface area contributed by atoms with E-state index in [1.807, 2.05) is 26.2 Å². The van der Waals surface area contributed by atoms with Crippen LogP contribution in [0.25, 0.3) is 12.2 Å². The van der Waals surface area contributed by atoms with Crippen LogP contribution in [0.5, 0.6) is 0 Å². The van der Waals surface area contributed by atoms with Crippen molar-refractivity contribution in [3.63, 3.8) is 0 Å². The first-order valence-corrected chi connectivity index (χ1v) is 10.1. The van der Waals surface area contributed by atoms with Gasteiger partial charge in [-0.15, -0.1) is 0 Å². The Labute approximate surface area is 169 Å². The molecule has 1 saturated carbocycles. The van der Waals surface area contributed by atoms with Gasteiger partial charge >= 0.3 is 0 Å². The third-order valence-electron chi connectivity index (χ3n) is 5.36. The standard InChI is InChI=1S/C25H30N2O/c1-5-27(6-2)24-15-9-20(10-16-24)18-22-12-11-21(25(22)28)17-19-7-13-23(14-8-19)26(3)4/h7-10,13-18H,5-6,11-12H2,1-4H3. The van der Waals surface area contributed by atoms with Crippen molar-refractivity contribution in [3.05, 3.63) is 70.8 Å². The lowest BCUT2D eigenvalue weighted by Gasteiger charge is -2.20. The molecule has 0 bridgehead atoms. The molecule has 28 heavy (non-hydrogen) atoms. The molecule has 0 aliphatic heterocycles. The number of hydrogen-bond acceptors (Lipinski definition) is 3. The molecule has 1 fully saturated rings. The topological polar surface area (TPSA) is 23.6 Å². The molecule has 0 saturated heterocycles. The fourth-order valence-electron chi connectivity index (χ4n) is 3.62. The molecule has 0 spiro atoms. The average molecular weight is 375 g/mol. The van der Waals surface area contributed by atoms with E-state index in [-0.39, 0.29) is 5.78 Å². The van der Waals surface area contributed by atoms with Crippen molar-refractivity contribution in [2.24, 2.45) is 0 Å². The molecule has 2 aromatic carbocycles. The van der Waals surface area contributed by atoms with Crippen LogP contribution in [0.15, 0.2) is 59.7 Å². The third-order valence-corrected chi connectivity index (χ3v) is 5.36. The van der Waals surface area contributed by atoms with Crippen molar-refractivity contribution in [2.75, 3.05) is 37.0 Å². The molecule has 0 radical (unpaired) electrons. The maximum atomic E-state index is 12.8. The van der Waals surface area contributed by atoms with E-state index in [0.717, 1.165) is 53.9 Å². The van der Waals surface area contributed by atoms with E-state index in [9.17, 15) is 4.79 Å². The van der Waals surface area contributed by atoms with E-state index < -0.39 is 0 Å². The lowest BCUT2D eigenvalue weighted by Crippen LogP contribution is -2.21. The summed E-state index contributed by atoms with van der Waals surface area (Å²) >= 11 is 0. The van der Waals surface area contributed by atoms with Crippen LogP contribution in [-0.4, -0.2) is 33.0 Å². The first-order valence-electron chi connectivity index (χ1n) is 10.1. The molecular formula is C25H30N2O. The number of carbonyl (C=O) groups excluding carboxylic acids is 1. The maximum Gasteiger partial charge on any atom is 0.185 e. The summed E-state index contributed by atoms with van der Waals surface area (Å²) in [5.74, 6) is 0.185. The normalized spacial score (nSPS) is 16.8. The SMILES string of the molecule is CCN(CC)c1ccc(C=C2CCC(=Cc3ccc(N(C)C)cc3)C2=O)cc1. The maximum absolute atomic E-state index is 12.8. The van der Waals surface area contributed by atoms with Gasteiger partial charge in [-0.1, -0.05) is 24.3 Å². The van der Waals surface area contributed by atoms with Crippen LogP contribution >= 0.6 is 0 Å². The van der Waals surface area contributed by atoms with E-state index in [1.54, 1.807) is 0 Å². The summed E-state index contributed by atoms with van der Waals surface area (Å²) in [7, 11) is 4.05. The first-order chi connectivity index (χ1) is 13.5. The van der Waals surface area contributed by atoms with E-state index in [2.05, 4.69) is 72.2 Å². The van der Waals surface area contributed by atoms with E-state index in [1.165, 1.54) is 5.69 Å². The van der Waals surface area contributed by atoms with Crippen molar-refractivity contribution in [1.29, 1.82) is 0 Å². The zero-order valence-corrected chi connectivity index (χ0v) is 17.4. The summed E-state index contributed by atoms with van der Waals surface area (Å²) in [4.78, 5) is 17.2. The summed E-state index contributed by atoms with van der Waals surface area (Å²) < 4.78 is 0. The van der Waals surface area contributed by atoms with Crippen molar-refractivity contribution >= 4 is 29.3 Å². The van der Waals surface area contributed by atoms with Gasteiger partial charge in [-0.2, -0.15) is 0 Å². The number of anilines is 2. The molecule has 1 aliphatic carbocycles. The minimum absolute atomic E-state index is 0.185. The highest BCUT2D eigenvalue weighted by molar-refractivity contribution is 6.15. The van der Waals surface area contributed by atoms with E-state index >= 15 is 0 Å². The zero-order chi connectivity index (χ0) is 20.1. The molecular weight excluding hydrogens is 344 g/mol. The van der Waals surface area contributed by atoms with Crippen LogP contribution in [0, 0.1) is 0 Å². The van der Waals surface area contributed by atoms with Crippen LogP contribution in [0.4, 0.5) is 11.4 Å². The number of nitrogens with zero attached hydrogens (tertiary/aromatic N) is 2. The molecule has 2 aromatic rings. The molecule has 3 nitrogen and oxygen atoms in total. The second-order valence-electron chi connectivity index (χ2n) is 7.42. The Morgan fingerprint density at radius 3 is 1.57 bits per heavy atom. The second-order valence-corrected chi connectivity index (χ2v) is 7.42. The number of allylic oxidation sites excluding steroid dienone is 2. The molecule has 3 rings (SSSR count). The van der Waals surface area contributed by atoms with Gasteiger partial charge in [0, 0.05) is 49.7 Å². The smallest absolute Gasteiger partial charge is 0.185 e. The van der Waals surface area contributed by atoms with Gasteiger partial charge in [0.25, 0.3) is 0 Å². The van der Waals surface area contributed by atoms with Crippen molar-refractivity contribution in [1.82, 2.24) is 0 Å². The Morgan fingerprint density at radius 1 is 0.750 bits per heavy atom. The van der Waals surface area contributed by atoms with Gasteiger partial charge < -0.3 is 9.80 Å². The summed E-state index contributed by atoms with van der Waals surface area (Å²) in [5, 5.41) is 0. The van der Waals surface area contributed by atoms with Gasteiger partial charge in [0.2, 0.25) is 0 Å². The highest BCUT2D eigenvalue weighted by atomic mass is 16.1. The van der Waals surface area contributed by atoms with Crippen LogP contribution in [0.3, 0.4) is 0 Å². The molecule has 146 valence electrons. The zero-order valence-electron chi connectivity index (χ0n) is 17.4. The molecule has 0 heterocycles. The summed E-state index contributed by atoms with van der Waals surface area (Å²) in [6.45, 7) is 6.33. The monoisotopic (exact) mass is 374 g/mol. The number of carbonyl (C=O) groups is 1. The summed E-state index contributed by atoms with van der Waals surface area (Å²) in [5.41, 5.74) is 6.38. The predicted molar refractivity (Wildman–Crippen MR) is 121 cm³/mol. The Balaban J connectivity index is 1.74. The quantitative estimate of drug-likeness (QED) is 0.630. The van der Waals surface area contributed by atoms with Crippen molar-refractivity contribution in [3.8, 4) is 0 Å². The summed E-state index contributed by atoms with van der Waals surface area (Å²) in [6, 6.07) is 16.8. The second kappa shape index (κ2) is 8.92. The van der Waals surface area contributed by atoms with Crippen LogP contribution in [0.1, 0.15) is 37.8 Å². The van der Waals surface area contributed by atoms with Gasteiger partial charge in [0.1, 0.15) is 0 Å². The molecule has 1 aliphatic rings. The molecule has 0 N–H and O–H groups in total. The Morgan fingerprint density at radius 2 is 1.18 bits per heavy atom. The fraction of sp³-hybridized carbons (Fsp3) is 0.320. The lowest BCUT2D eigenvalue weighted by molar-refractivity contribution is -0.111. The third kappa shape index (κ3) is 4.53. The molecule has 0 unspecified atom stereocenters. The highest BCUT2D eigenvalue weighted by Crippen LogP contribution is 2.30. The predicted octanol–water partition coefficient (Wildman–Crippen LogP) is 5.43. The lowest BCUT2D eigenvalue weighted by atomic mass is 10.1. The molecule has 0 amide bonds. The first kappa shape index (κ1) is 19.9. The average Bonchev–Trinajstić information content (AvgIpc) is 3.04. The molecule has 0 atom stereocenters. The minimum atomic E-state index is 0.185. The van der Waals surface area contributed by atoms with Crippen LogP contribution < -0.4 is 9.80 Å². The molecule has 0 aromatic heterocycles. The Bertz CT molecular complexity index is 870. The number of benzene rings is 2. The summed E-state index contributed by atoms with van der Waals surface area (Å²) in [6.07, 6.45) is 5.71. The van der Waals surface area contributed by atoms with Crippen LogP contribution in [0.2, 0.25) is 0 Å². The molecule has 3 heteroatoms. The fourth-order valence-corrected chi connectivity index (χ4v) is 3.62. The van der Waals surface area contributed by atoms with Crippen molar-refractivity contribution in [2.45, 2.75) is 26.7 Å². The van der Waals surface area contributed by atoms with Gasteiger partial charge in [-0.25, -0.2) is 0 Å². The number of ketones is 1. The van der Waals surface area contributed by atoms with Gasteiger partial charge in [0.15, 0.2) is 5.78 Å². The number of rotatable bonds is 6. The largest absolute Gasteiger partial charge is 0.378 e. The van der Waals surface area contributed by atoms with Gasteiger partial charge in [-0.3, -0.25) is 4.79 Å². The van der Waals surface area contributed by atoms with E-state index in [0.29, 0.717) is 0 Å². The van der Waals surface area contributed by atoms with Gasteiger partial charge in [-0.05, 0) is 74.2 Å².